The summed E-state index contributed by atoms with van der Waals surface area (Å²) in [5.41, 5.74) is 4.52. The topological polar surface area (TPSA) is 133 Å². The number of rotatable bonds is 3. The van der Waals surface area contributed by atoms with Crippen LogP contribution in [0.1, 0.15) is 27.7 Å². The van der Waals surface area contributed by atoms with Crippen molar-refractivity contribution < 1.29 is 32.3 Å². The van der Waals surface area contributed by atoms with Crippen molar-refractivity contribution in [1.82, 2.24) is 4.90 Å². The summed E-state index contributed by atoms with van der Waals surface area (Å²) in [6, 6.07) is -1.22. The number of fused-ring (bicyclic) bond motifs is 1. The molecule has 0 bridgehead atoms. The molecule has 2 heterocycles. The molecular formula is C14H20N2O7S. The Morgan fingerprint density at radius 2 is 1.92 bits per heavy atom. The summed E-state index contributed by atoms with van der Waals surface area (Å²) in [6.45, 7) is 5.64. The fourth-order valence-electron chi connectivity index (χ4n) is 2.54. The van der Waals surface area contributed by atoms with E-state index in [9.17, 15) is 22.8 Å². The molecule has 1 saturated heterocycles. The second-order valence-electron chi connectivity index (χ2n) is 6.67. The molecule has 10 heteroatoms. The number of carbonyl (C=O) groups is 3. The summed E-state index contributed by atoms with van der Waals surface area (Å²) in [5, 5.41) is -1.30. The Hall–Kier alpha value is -1.94. The van der Waals surface area contributed by atoms with Crippen LogP contribution in [-0.2, 0) is 33.7 Å². The number of carbonyl (C=O) groups excluding carboxylic acids is 3. The van der Waals surface area contributed by atoms with Crippen LogP contribution in [0.5, 0.6) is 0 Å². The van der Waals surface area contributed by atoms with E-state index in [4.69, 9.17) is 15.2 Å². The highest BCUT2D eigenvalue weighted by Gasteiger charge is 2.59. The number of nitrogens with zero attached hydrogens (tertiary/aromatic N) is 1. The van der Waals surface area contributed by atoms with Gasteiger partial charge in [-0.25, -0.2) is 13.2 Å². The summed E-state index contributed by atoms with van der Waals surface area (Å²) in [6.07, 6.45) is 0. The van der Waals surface area contributed by atoms with E-state index >= 15 is 0 Å². The van der Waals surface area contributed by atoms with E-state index in [1.165, 1.54) is 0 Å². The Bertz CT molecular complexity index is 733. The number of nitrogens with two attached hydrogens (primary N) is 1. The summed E-state index contributed by atoms with van der Waals surface area (Å²) in [7, 11) is -3.79. The number of sulfone groups is 1. The van der Waals surface area contributed by atoms with Crippen LogP contribution in [0.4, 0.5) is 0 Å². The van der Waals surface area contributed by atoms with Crippen LogP contribution in [-0.4, -0.2) is 60.5 Å². The van der Waals surface area contributed by atoms with Gasteiger partial charge < -0.3 is 15.2 Å². The average Bonchev–Trinajstić information content (AvgIpc) is 2.40. The SMILES string of the molecule is CC(=O)OCC1=C(C(=O)OC(C)(C)C)N2C(=O)[C@@H](N)C2S(=O)(=O)C1. The van der Waals surface area contributed by atoms with Crippen molar-refractivity contribution in [1.29, 1.82) is 0 Å². The third-order valence-corrected chi connectivity index (χ3v) is 5.44. The summed E-state index contributed by atoms with van der Waals surface area (Å²) in [4.78, 5) is 36.4. The first-order valence-corrected chi connectivity index (χ1v) is 8.95. The van der Waals surface area contributed by atoms with Crippen molar-refractivity contribution in [2.45, 2.75) is 44.7 Å². The van der Waals surface area contributed by atoms with Gasteiger partial charge in [-0.3, -0.25) is 14.5 Å². The van der Waals surface area contributed by atoms with Crippen molar-refractivity contribution in [2.24, 2.45) is 5.73 Å². The summed E-state index contributed by atoms with van der Waals surface area (Å²) in [5.74, 6) is -2.72. The van der Waals surface area contributed by atoms with Gasteiger partial charge in [0.25, 0.3) is 0 Å². The van der Waals surface area contributed by atoms with E-state index in [-0.39, 0.29) is 11.3 Å². The lowest BCUT2D eigenvalue weighted by Crippen LogP contribution is -2.73. The highest BCUT2D eigenvalue weighted by Crippen LogP contribution is 2.36. The Morgan fingerprint density at radius 1 is 1.33 bits per heavy atom. The van der Waals surface area contributed by atoms with Gasteiger partial charge in [-0.1, -0.05) is 0 Å². The van der Waals surface area contributed by atoms with E-state index in [0.717, 1.165) is 11.8 Å². The normalized spacial score (nSPS) is 25.7. The van der Waals surface area contributed by atoms with Gasteiger partial charge >= 0.3 is 11.9 Å². The molecule has 0 aromatic rings. The molecule has 9 nitrogen and oxygen atoms in total. The molecule has 2 aliphatic heterocycles. The molecule has 134 valence electrons. The largest absolute Gasteiger partial charge is 0.461 e. The number of esters is 2. The molecule has 2 N–H and O–H groups in total. The third kappa shape index (κ3) is 3.29. The Kier molecular flexibility index (Phi) is 4.49. The number of hydrogen-bond donors (Lipinski definition) is 1. The van der Waals surface area contributed by atoms with Crippen LogP contribution in [0, 0.1) is 0 Å². The number of β-lactam (4-membered cyclic amide) rings is 1. The number of ether oxygens (including phenoxy) is 2. The molecule has 1 unspecified atom stereocenters. The standard InChI is InChI=1S/C14H20N2O7S/c1-7(17)22-5-8-6-24(20,21)12-9(15)11(18)16(12)10(8)13(19)23-14(2,3)4/h9,12H,5-6,15H2,1-4H3/t9-,12?/m1/s1. The van der Waals surface area contributed by atoms with Crippen molar-refractivity contribution in [3.8, 4) is 0 Å². The molecule has 0 aliphatic carbocycles. The van der Waals surface area contributed by atoms with Crippen molar-refractivity contribution in [3.05, 3.63) is 11.3 Å². The molecular weight excluding hydrogens is 340 g/mol. The van der Waals surface area contributed by atoms with Crippen molar-refractivity contribution >= 4 is 27.7 Å². The van der Waals surface area contributed by atoms with Gasteiger partial charge in [0.15, 0.2) is 15.2 Å². The van der Waals surface area contributed by atoms with Gasteiger partial charge in [-0.2, -0.15) is 0 Å². The Labute approximate surface area is 139 Å². The van der Waals surface area contributed by atoms with Gasteiger partial charge in [-0.15, -0.1) is 0 Å². The minimum absolute atomic E-state index is 0.00375. The third-order valence-electron chi connectivity index (χ3n) is 3.45. The summed E-state index contributed by atoms with van der Waals surface area (Å²) >= 11 is 0. The van der Waals surface area contributed by atoms with Gasteiger partial charge in [0.05, 0.1) is 5.75 Å². The number of amides is 1. The molecule has 1 amide bonds. The zero-order chi connectivity index (χ0) is 18.4. The molecule has 0 radical (unpaired) electrons. The predicted molar refractivity (Wildman–Crippen MR) is 81.9 cm³/mol. The smallest absolute Gasteiger partial charge is 0.355 e. The highest BCUT2D eigenvalue weighted by molar-refractivity contribution is 7.92. The first-order chi connectivity index (χ1) is 10.8. The molecule has 2 atom stereocenters. The maximum Gasteiger partial charge on any atom is 0.355 e. The molecule has 0 aromatic carbocycles. The van der Waals surface area contributed by atoms with Crippen LogP contribution in [0.3, 0.4) is 0 Å². The molecule has 2 rings (SSSR count). The van der Waals surface area contributed by atoms with E-state index in [0.29, 0.717) is 0 Å². The predicted octanol–water partition coefficient (Wildman–Crippen LogP) is -0.931. The summed E-state index contributed by atoms with van der Waals surface area (Å²) < 4.78 is 34.7. The van der Waals surface area contributed by atoms with Crippen molar-refractivity contribution in [2.75, 3.05) is 12.4 Å². The molecule has 24 heavy (non-hydrogen) atoms. The first kappa shape index (κ1) is 18.4. The lowest BCUT2D eigenvalue weighted by atomic mass is 10.0. The minimum Gasteiger partial charge on any atom is -0.461 e. The lowest BCUT2D eigenvalue weighted by Gasteiger charge is -2.48. The molecule has 0 saturated carbocycles. The quantitative estimate of drug-likeness (QED) is 0.504. The van der Waals surface area contributed by atoms with E-state index in [1.54, 1.807) is 20.8 Å². The van der Waals surface area contributed by atoms with Crippen LogP contribution < -0.4 is 5.73 Å². The van der Waals surface area contributed by atoms with Gasteiger partial charge in [-0.05, 0) is 20.8 Å². The van der Waals surface area contributed by atoms with Crippen LogP contribution in [0.25, 0.3) is 0 Å². The van der Waals surface area contributed by atoms with E-state index in [2.05, 4.69) is 0 Å². The number of hydrogen-bond acceptors (Lipinski definition) is 8. The molecule has 2 aliphatic rings. The first-order valence-electron chi connectivity index (χ1n) is 7.24. The fraction of sp³-hybridized carbons (Fsp3) is 0.643. The highest BCUT2D eigenvalue weighted by atomic mass is 32.2. The van der Waals surface area contributed by atoms with Crippen molar-refractivity contribution in [3.63, 3.8) is 0 Å². The van der Waals surface area contributed by atoms with E-state index in [1.807, 2.05) is 0 Å². The molecule has 1 fully saturated rings. The maximum absolute atomic E-state index is 12.5. The van der Waals surface area contributed by atoms with Crippen LogP contribution in [0.2, 0.25) is 0 Å². The molecule has 0 spiro atoms. The second-order valence-corrected chi connectivity index (χ2v) is 8.76. The maximum atomic E-state index is 12.5. The fourth-order valence-corrected chi connectivity index (χ4v) is 4.51. The van der Waals surface area contributed by atoms with Gasteiger partial charge in [0.2, 0.25) is 5.91 Å². The molecule has 0 aromatic heterocycles. The second kappa shape index (κ2) is 5.85. The van der Waals surface area contributed by atoms with Gasteiger partial charge in [0, 0.05) is 12.5 Å². The van der Waals surface area contributed by atoms with Crippen LogP contribution in [0.15, 0.2) is 11.3 Å². The lowest BCUT2D eigenvalue weighted by molar-refractivity contribution is -0.158. The van der Waals surface area contributed by atoms with E-state index < -0.39 is 57.1 Å². The minimum atomic E-state index is -3.79. The Morgan fingerprint density at radius 3 is 2.42 bits per heavy atom. The Balaban J connectivity index is 2.48. The zero-order valence-electron chi connectivity index (χ0n) is 13.9. The monoisotopic (exact) mass is 360 g/mol. The average molecular weight is 360 g/mol. The van der Waals surface area contributed by atoms with Crippen LogP contribution >= 0.6 is 0 Å². The zero-order valence-corrected chi connectivity index (χ0v) is 14.7. The van der Waals surface area contributed by atoms with Gasteiger partial charge in [0.1, 0.15) is 23.9 Å².